The first kappa shape index (κ1) is 16.5. The Hall–Kier alpha value is -3.35. The molecule has 0 aliphatic heterocycles. The molecule has 6 nitrogen and oxygen atoms in total. The van der Waals surface area contributed by atoms with Crippen molar-refractivity contribution in [1.82, 2.24) is 9.78 Å². The summed E-state index contributed by atoms with van der Waals surface area (Å²) < 4.78 is 24.9. The minimum atomic E-state index is -0.396. The van der Waals surface area contributed by atoms with E-state index in [4.69, 9.17) is 9.47 Å². The summed E-state index contributed by atoms with van der Waals surface area (Å²) in [5.74, 6) is 0.367. The summed E-state index contributed by atoms with van der Waals surface area (Å²) in [5, 5.41) is 6.96. The number of nitrogens with zero attached hydrogens (tertiary/aromatic N) is 2. The average molecular weight is 341 g/mol. The first-order valence-electron chi connectivity index (χ1n) is 7.45. The second-order valence-electron chi connectivity index (χ2n) is 5.14. The van der Waals surface area contributed by atoms with Crippen LogP contribution >= 0.6 is 0 Å². The topological polar surface area (TPSA) is 65.4 Å². The molecule has 3 rings (SSSR count). The van der Waals surface area contributed by atoms with E-state index in [1.807, 2.05) is 0 Å². The Labute approximate surface area is 143 Å². The molecule has 0 unspecified atom stereocenters. The third-order valence-electron chi connectivity index (χ3n) is 3.57. The quantitative estimate of drug-likeness (QED) is 0.773. The molecule has 3 aromatic rings. The van der Waals surface area contributed by atoms with Gasteiger partial charge in [-0.25, -0.2) is 9.07 Å². The largest absolute Gasteiger partial charge is 0.497 e. The van der Waals surface area contributed by atoms with Crippen LogP contribution in [-0.2, 0) is 0 Å². The first-order valence-corrected chi connectivity index (χ1v) is 7.45. The SMILES string of the molecule is COc1ccc(OC)c(NC(=O)c2ccn(-c3ccc(F)cc3)n2)c1. The van der Waals surface area contributed by atoms with Crippen LogP contribution in [0.25, 0.3) is 5.69 Å². The van der Waals surface area contributed by atoms with Crippen LogP contribution in [0.3, 0.4) is 0 Å². The molecular weight excluding hydrogens is 325 g/mol. The number of carbonyl (C=O) groups is 1. The minimum absolute atomic E-state index is 0.217. The molecule has 7 heteroatoms. The summed E-state index contributed by atoms with van der Waals surface area (Å²) in [6.07, 6.45) is 1.63. The van der Waals surface area contributed by atoms with Crippen LogP contribution in [0.4, 0.5) is 10.1 Å². The lowest BCUT2D eigenvalue weighted by molar-refractivity contribution is 0.102. The van der Waals surface area contributed by atoms with Crippen LogP contribution in [-0.4, -0.2) is 29.9 Å². The van der Waals surface area contributed by atoms with Gasteiger partial charge >= 0.3 is 0 Å². The monoisotopic (exact) mass is 341 g/mol. The van der Waals surface area contributed by atoms with Crippen LogP contribution in [0.2, 0.25) is 0 Å². The van der Waals surface area contributed by atoms with Crippen LogP contribution < -0.4 is 14.8 Å². The fourth-order valence-electron chi connectivity index (χ4n) is 2.28. The molecule has 128 valence electrons. The van der Waals surface area contributed by atoms with Gasteiger partial charge in [0.05, 0.1) is 25.6 Å². The normalized spacial score (nSPS) is 10.4. The maximum absolute atomic E-state index is 13.0. The molecule has 0 aliphatic rings. The predicted octanol–water partition coefficient (Wildman–Crippen LogP) is 3.28. The number of ether oxygens (including phenoxy) is 2. The molecule has 0 bridgehead atoms. The number of amides is 1. The van der Waals surface area contributed by atoms with E-state index >= 15 is 0 Å². The van der Waals surface area contributed by atoms with Crippen molar-refractivity contribution < 1.29 is 18.7 Å². The fraction of sp³-hybridized carbons (Fsp3) is 0.111. The van der Waals surface area contributed by atoms with Gasteiger partial charge in [0, 0.05) is 12.3 Å². The van der Waals surface area contributed by atoms with E-state index in [0.717, 1.165) is 0 Å². The molecule has 0 fully saturated rings. The second-order valence-corrected chi connectivity index (χ2v) is 5.14. The number of benzene rings is 2. The maximum atomic E-state index is 13.0. The number of aromatic nitrogens is 2. The molecular formula is C18H16FN3O3. The highest BCUT2D eigenvalue weighted by molar-refractivity contribution is 6.03. The predicted molar refractivity (Wildman–Crippen MR) is 91.0 cm³/mol. The van der Waals surface area contributed by atoms with Crippen molar-refractivity contribution >= 4 is 11.6 Å². The highest BCUT2D eigenvalue weighted by atomic mass is 19.1. The number of hydrogen-bond acceptors (Lipinski definition) is 4. The Morgan fingerprint density at radius 2 is 1.84 bits per heavy atom. The van der Waals surface area contributed by atoms with Gasteiger partial charge in [-0.3, -0.25) is 4.79 Å². The van der Waals surface area contributed by atoms with Gasteiger partial charge in [0.15, 0.2) is 5.69 Å². The van der Waals surface area contributed by atoms with Gasteiger partial charge in [-0.1, -0.05) is 0 Å². The Morgan fingerprint density at radius 1 is 1.08 bits per heavy atom. The molecule has 0 saturated carbocycles. The van der Waals surface area contributed by atoms with E-state index in [1.165, 1.54) is 31.0 Å². The lowest BCUT2D eigenvalue weighted by atomic mass is 10.2. The van der Waals surface area contributed by atoms with Crippen molar-refractivity contribution in [3.05, 3.63) is 66.2 Å². The number of halogens is 1. The van der Waals surface area contributed by atoms with Gasteiger partial charge in [-0.05, 0) is 42.5 Å². The van der Waals surface area contributed by atoms with E-state index in [2.05, 4.69) is 10.4 Å². The molecule has 1 amide bonds. The first-order chi connectivity index (χ1) is 12.1. The number of rotatable bonds is 5. The zero-order chi connectivity index (χ0) is 17.8. The van der Waals surface area contributed by atoms with Crippen LogP contribution in [0.15, 0.2) is 54.7 Å². The summed E-state index contributed by atoms with van der Waals surface area (Å²) >= 11 is 0. The van der Waals surface area contributed by atoms with E-state index in [9.17, 15) is 9.18 Å². The third kappa shape index (κ3) is 3.60. The zero-order valence-corrected chi connectivity index (χ0v) is 13.7. The van der Waals surface area contributed by atoms with E-state index in [0.29, 0.717) is 22.9 Å². The lowest BCUT2D eigenvalue weighted by Gasteiger charge is -2.11. The Kier molecular flexibility index (Phi) is 4.65. The zero-order valence-electron chi connectivity index (χ0n) is 13.7. The molecule has 1 heterocycles. The number of anilines is 1. The summed E-state index contributed by atoms with van der Waals surface area (Å²) in [6.45, 7) is 0. The second kappa shape index (κ2) is 7.04. The van der Waals surface area contributed by atoms with Gasteiger partial charge in [-0.15, -0.1) is 0 Å². The molecule has 0 saturated heterocycles. The van der Waals surface area contributed by atoms with Gasteiger partial charge in [-0.2, -0.15) is 5.10 Å². The lowest BCUT2D eigenvalue weighted by Crippen LogP contribution is -2.14. The van der Waals surface area contributed by atoms with Crippen LogP contribution in [0.5, 0.6) is 11.5 Å². The summed E-state index contributed by atoms with van der Waals surface area (Å²) in [5.41, 5.74) is 1.34. The molecule has 0 radical (unpaired) electrons. The van der Waals surface area contributed by atoms with Crippen molar-refractivity contribution in [3.8, 4) is 17.2 Å². The number of nitrogens with one attached hydrogen (secondary N) is 1. The van der Waals surface area contributed by atoms with E-state index in [-0.39, 0.29) is 11.5 Å². The molecule has 25 heavy (non-hydrogen) atoms. The molecule has 1 N–H and O–H groups in total. The number of methoxy groups -OCH3 is 2. The van der Waals surface area contributed by atoms with Gasteiger partial charge in [0.1, 0.15) is 17.3 Å². The third-order valence-corrected chi connectivity index (χ3v) is 3.57. The van der Waals surface area contributed by atoms with E-state index in [1.54, 1.807) is 42.6 Å². The van der Waals surface area contributed by atoms with E-state index < -0.39 is 5.91 Å². The van der Waals surface area contributed by atoms with Crippen molar-refractivity contribution in [2.45, 2.75) is 0 Å². The highest BCUT2D eigenvalue weighted by Crippen LogP contribution is 2.29. The molecule has 0 atom stereocenters. The van der Waals surface area contributed by atoms with Crippen LogP contribution in [0.1, 0.15) is 10.5 Å². The van der Waals surface area contributed by atoms with Crippen molar-refractivity contribution in [2.75, 3.05) is 19.5 Å². The smallest absolute Gasteiger partial charge is 0.276 e. The van der Waals surface area contributed by atoms with Gasteiger partial charge in [0.25, 0.3) is 5.91 Å². The number of hydrogen-bond donors (Lipinski definition) is 1. The molecule has 1 aromatic heterocycles. The minimum Gasteiger partial charge on any atom is -0.497 e. The summed E-state index contributed by atoms with van der Waals surface area (Å²) in [6, 6.07) is 12.5. The molecule has 0 aliphatic carbocycles. The van der Waals surface area contributed by atoms with Crippen molar-refractivity contribution in [2.24, 2.45) is 0 Å². The maximum Gasteiger partial charge on any atom is 0.276 e. The summed E-state index contributed by atoms with van der Waals surface area (Å²) in [7, 11) is 3.05. The average Bonchev–Trinajstić information content (AvgIpc) is 3.12. The Balaban J connectivity index is 1.81. The van der Waals surface area contributed by atoms with Crippen molar-refractivity contribution in [1.29, 1.82) is 0 Å². The van der Waals surface area contributed by atoms with Gasteiger partial charge < -0.3 is 14.8 Å². The summed E-state index contributed by atoms with van der Waals surface area (Å²) in [4.78, 5) is 12.4. The highest BCUT2D eigenvalue weighted by Gasteiger charge is 2.14. The number of carbonyl (C=O) groups excluding carboxylic acids is 1. The Bertz CT molecular complexity index is 891. The molecule has 0 spiro atoms. The Morgan fingerprint density at radius 3 is 2.52 bits per heavy atom. The molecule has 2 aromatic carbocycles. The van der Waals surface area contributed by atoms with Crippen LogP contribution in [0, 0.1) is 5.82 Å². The fourth-order valence-corrected chi connectivity index (χ4v) is 2.28. The standard InChI is InChI=1S/C18H16FN3O3/c1-24-14-7-8-17(25-2)16(11-14)20-18(23)15-9-10-22(21-15)13-5-3-12(19)4-6-13/h3-11H,1-2H3,(H,20,23). The van der Waals surface area contributed by atoms with Crippen molar-refractivity contribution in [3.63, 3.8) is 0 Å². The van der Waals surface area contributed by atoms with Gasteiger partial charge in [0.2, 0.25) is 0 Å².